The highest BCUT2D eigenvalue weighted by atomic mass is 35.5. The molecular formula is C38H52ClN7O6S. The summed E-state index contributed by atoms with van der Waals surface area (Å²) in [5.74, 6) is 3.33. The fourth-order valence-electron chi connectivity index (χ4n) is 7.31. The van der Waals surface area contributed by atoms with Crippen molar-refractivity contribution in [2.75, 3.05) is 25.0 Å². The summed E-state index contributed by atoms with van der Waals surface area (Å²) >= 11 is 6.35. The number of carbonyl (C=O) groups is 2. The van der Waals surface area contributed by atoms with Crippen molar-refractivity contribution in [3.8, 4) is 11.7 Å². The lowest BCUT2D eigenvalue weighted by atomic mass is 9.93. The Hall–Kier alpha value is -3.91. The van der Waals surface area contributed by atoms with E-state index in [-0.39, 0.29) is 27.2 Å². The average molecular weight is 770 g/mol. The molecule has 15 heteroatoms. The van der Waals surface area contributed by atoms with Crippen molar-refractivity contribution in [1.29, 1.82) is 0 Å². The summed E-state index contributed by atoms with van der Waals surface area (Å²) in [6, 6.07) is 7.64. The summed E-state index contributed by atoms with van der Waals surface area (Å²) in [5.41, 5.74) is -0.880. The fourth-order valence-corrected chi connectivity index (χ4v) is 8.46. The third-order valence-electron chi connectivity index (χ3n) is 10.2. The van der Waals surface area contributed by atoms with Gasteiger partial charge in [-0.05, 0) is 134 Å². The number of ether oxygens (including phenoxy) is 2. The molecule has 2 N–H and O–H groups in total. The van der Waals surface area contributed by atoms with Gasteiger partial charge in [0.15, 0.2) is 5.82 Å². The van der Waals surface area contributed by atoms with Crippen LogP contribution in [0.1, 0.15) is 103 Å². The van der Waals surface area contributed by atoms with Crippen molar-refractivity contribution in [3.63, 3.8) is 0 Å². The van der Waals surface area contributed by atoms with Gasteiger partial charge in [0.05, 0.1) is 12.2 Å². The number of nitrogens with zero attached hydrogens (tertiary/aromatic N) is 5. The number of carbonyl (C=O) groups excluding carboxylic acids is 2. The number of amides is 2. The molecule has 3 aromatic heterocycles. The summed E-state index contributed by atoms with van der Waals surface area (Å²) in [6.07, 6.45) is 12.8. The van der Waals surface area contributed by atoms with Crippen molar-refractivity contribution in [1.82, 2.24) is 29.4 Å². The SMILES string of the molecule is CC(C)(C)OC(=O)N1CC(CCCCNc2ccc(S(=O)(=O)NC(=O)c3ccc(-n4ccc(OCCC(C5CC5)C5CC5)n4)nc3Cl)cn2)CC1(C)C. The molecule has 6 rings (SSSR count). The highest BCUT2D eigenvalue weighted by Crippen LogP contribution is 2.50. The molecule has 3 aromatic rings. The van der Waals surface area contributed by atoms with Gasteiger partial charge in [-0.1, -0.05) is 18.0 Å². The third-order valence-corrected chi connectivity index (χ3v) is 11.8. The standard InChI is InChI=1S/C38H52ClN7O6S/c1-37(2,3)52-36(48)45-24-25(22-38(45,4)5)8-6-7-19-40-31-15-13-28(23-41-31)53(49,50)44-35(47)30-14-16-32(42-34(30)39)46-20-17-33(43-46)51-21-18-29(26-9-10-26)27-11-12-27/h13-17,20,23,25-27,29H,6-12,18-19,21-22,24H2,1-5H3,(H,40,41)(H,44,47). The molecule has 53 heavy (non-hydrogen) atoms. The molecule has 0 aromatic carbocycles. The first kappa shape index (κ1) is 38.8. The number of nitrogens with one attached hydrogen (secondary N) is 2. The monoisotopic (exact) mass is 769 g/mol. The number of halogens is 1. The lowest BCUT2D eigenvalue weighted by Crippen LogP contribution is -2.45. The zero-order valence-electron chi connectivity index (χ0n) is 31.3. The van der Waals surface area contributed by atoms with Gasteiger partial charge in [0.25, 0.3) is 15.9 Å². The molecule has 0 radical (unpaired) electrons. The highest BCUT2D eigenvalue weighted by molar-refractivity contribution is 7.90. The summed E-state index contributed by atoms with van der Waals surface area (Å²) in [4.78, 5) is 35.9. The van der Waals surface area contributed by atoms with Crippen LogP contribution < -0.4 is 14.8 Å². The first-order valence-corrected chi connectivity index (χ1v) is 20.6. The molecule has 288 valence electrons. The van der Waals surface area contributed by atoms with Gasteiger partial charge in [0.1, 0.15) is 21.5 Å². The predicted octanol–water partition coefficient (Wildman–Crippen LogP) is 7.26. The van der Waals surface area contributed by atoms with Crippen LogP contribution in [0.5, 0.6) is 5.88 Å². The molecule has 2 aliphatic carbocycles. The van der Waals surface area contributed by atoms with E-state index in [4.69, 9.17) is 21.1 Å². The van der Waals surface area contributed by atoms with Crippen LogP contribution in [0.3, 0.4) is 0 Å². The Morgan fingerprint density at radius 3 is 2.43 bits per heavy atom. The second-order valence-electron chi connectivity index (χ2n) is 16.3. The highest BCUT2D eigenvalue weighted by Gasteiger charge is 2.43. The number of hydrogen-bond donors (Lipinski definition) is 2. The molecule has 3 aliphatic rings. The Bertz CT molecular complexity index is 1860. The van der Waals surface area contributed by atoms with Crippen molar-refractivity contribution in [2.45, 2.75) is 108 Å². The number of anilines is 1. The quantitative estimate of drug-likeness (QED) is 0.112. The molecule has 0 bridgehead atoms. The Morgan fingerprint density at radius 2 is 1.79 bits per heavy atom. The van der Waals surface area contributed by atoms with Gasteiger partial charge in [-0.25, -0.2) is 32.6 Å². The smallest absolute Gasteiger partial charge is 0.410 e. The minimum Gasteiger partial charge on any atom is -0.477 e. The molecule has 1 atom stereocenters. The van der Waals surface area contributed by atoms with Crippen LogP contribution in [0.15, 0.2) is 47.6 Å². The maximum Gasteiger partial charge on any atom is 0.410 e. The third kappa shape index (κ3) is 10.4. The van der Waals surface area contributed by atoms with E-state index >= 15 is 0 Å². The maximum absolute atomic E-state index is 13.0. The van der Waals surface area contributed by atoms with E-state index in [2.05, 4.69) is 39.0 Å². The van der Waals surface area contributed by atoms with Gasteiger partial charge >= 0.3 is 6.09 Å². The minimum absolute atomic E-state index is 0.0984. The van der Waals surface area contributed by atoms with Crippen LogP contribution in [0.25, 0.3) is 5.82 Å². The Kier molecular flexibility index (Phi) is 11.6. The van der Waals surface area contributed by atoms with E-state index in [0.29, 0.717) is 43.1 Å². The summed E-state index contributed by atoms with van der Waals surface area (Å²) in [7, 11) is -4.23. The lowest BCUT2D eigenvalue weighted by molar-refractivity contribution is 0.0130. The van der Waals surface area contributed by atoms with Gasteiger partial charge in [0, 0.05) is 37.1 Å². The van der Waals surface area contributed by atoms with E-state index in [1.807, 2.05) is 25.7 Å². The van der Waals surface area contributed by atoms with Gasteiger partial charge in [-0.3, -0.25) is 4.79 Å². The first-order valence-electron chi connectivity index (χ1n) is 18.7. The Labute approximate surface area is 317 Å². The zero-order chi connectivity index (χ0) is 38.0. The number of aromatic nitrogens is 4. The van der Waals surface area contributed by atoms with Gasteiger partial charge in [-0.15, -0.1) is 5.10 Å². The molecule has 1 unspecified atom stereocenters. The van der Waals surface area contributed by atoms with Crippen molar-refractivity contribution >= 4 is 39.4 Å². The van der Waals surface area contributed by atoms with E-state index in [1.54, 1.807) is 18.3 Å². The van der Waals surface area contributed by atoms with E-state index in [1.165, 1.54) is 54.8 Å². The van der Waals surface area contributed by atoms with Crippen LogP contribution >= 0.6 is 11.6 Å². The largest absolute Gasteiger partial charge is 0.477 e. The van der Waals surface area contributed by atoms with Crippen LogP contribution in [-0.2, 0) is 14.8 Å². The van der Waals surface area contributed by atoms with Gasteiger partial charge in [0.2, 0.25) is 5.88 Å². The van der Waals surface area contributed by atoms with Crippen molar-refractivity contribution < 1.29 is 27.5 Å². The summed E-state index contributed by atoms with van der Waals surface area (Å²) in [6.45, 7) is 11.7. The van der Waals surface area contributed by atoms with Crippen molar-refractivity contribution in [2.24, 2.45) is 23.7 Å². The predicted molar refractivity (Wildman–Crippen MR) is 202 cm³/mol. The molecular weight excluding hydrogens is 718 g/mol. The summed E-state index contributed by atoms with van der Waals surface area (Å²) in [5, 5.41) is 7.49. The molecule has 2 amide bonds. The lowest BCUT2D eigenvalue weighted by Gasteiger charge is -2.33. The Balaban J connectivity index is 0.932. The number of hydrogen-bond acceptors (Lipinski definition) is 10. The summed E-state index contributed by atoms with van der Waals surface area (Å²) < 4.78 is 41.1. The van der Waals surface area contributed by atoms with Crippen LogP contribution in [0.4, 0.5) is 10.6 Å². The second kappa shape index (κ2) is 15.8. The van der Waals surface area contributed by atoms with Crippen LogP contribution in [0.2, 0.25) is 5.15 Å². The van der Waals surface area contributed by atoms with Crippen molar-refractivity contribution in [3.05, 3.63) is 53.4 Å². The number of rotatable bonds is 16. The molecule has 3 fully saturated rings. The topological polar surface area (TPSA) is 158 Å². The molecule has 1 saturated heterocycles. The molecule has 13 nitrogen and oxygen atoms in total. The zero-order valence-corrected chi connectivity index (χ0v) is 32.9. The Morgan fingerprint density at radius 1 is 1.06 bits per heavy atom. The number of unbranched alkanes of at least 4 members (excludes halogenated alkanes) is 1. The molecule has 1 aliphatic heterocycles. The minimum atomic E-state index is -4.23. The fraction of sp³-hybridized carbons (Fsp3) is 0.605. The average Bonchev–Trinajstić information content (AvgIpc) is 4.02. The first-order chi connectivity index (χ1) is 25.1. The molecule has 2 saturated carbocycles. The van der Waals surface area contributed by atoms with E-state index in [0.717, 1.165) is 49.9 Å². The molecule has 4 heterocycles. The second-order valence-corrected chi connectivity index (χ2v) is 18.3. The van der Waals surface area contributed by atoms with E-state index < -0.39 is 21.5 Å². The number of sulfonamides is 1. The number of pyridine rings is 2. The van der Waals surface area contributed by atoms with Crippen LogP contribution in [-0.4, -0.2) is 75.9 Å². The number of likely N-dealkylation sites (tertiary alicyclic amines) is 1. The van der Waals surface area contributed by atoms with Crippen LogP contribution in [0, 0.1) is 23.7 Å². The molecule has 0 spiro atoms. The van der Waals surface area contributed by atoms with Gasteiger partial charge < -0.3 is 19.7 Å². The normalized spacial score (nSPS) is 18.6. The van der Waals surface area contributed by atoms with E-state index in [9.17, 15) is 18.0 Å². The maximum atomic E-state index is 13.0. The van der Waals surface area contributed by atoms with Gasteiger partial charge in [-0.2, -0.15) is 0 Å².